The van der Waals surface area contributed by atoms with E-state index in [1.165, 1.54) is 0 Å². The van der Waals surface area contributed by atoms with Gasteiger partial charge in [0.15, 0.2) is 0 Å². The molecule has 0 amide bonds. The lowest BCUT2D eigenvalue weighted by atomic mass is 10.1. The largest absolute Gasteiger partial charge is 0.384 e. The molecular formula is C16H18ClN3O. The highest BCUT2D eigenvalue weighted by molar-refractivity contribution is 6.30. The predicted octanol–water partition coefficient (Wildman–Crippen LogP) is 3.25. The molecule has 0 saturated heterocycles. The van der Waals surface area contributed by atoms with E-state index in [1.807, 2.05) is 18.2 Å². The van der Waals surface area contributed by atoms with Crippen LogP contribution < -0.4 is 11.3 Å². The Labute approximate surface area is 128 Å². The van der Waals surface area contributed by atoms with E-state index in [2.05, 4.69) is 6.92 Å². The molecule has 0 aliphatic rings. The van der Waals surface area contributed by atoms with E-state index in [1.54, 1.807) is 22.8 Å². The fourth-order valence-corrected chi connectivity index (χ4v) is 2.32. The molecule has 0 unspecified atom stereocenters. The number of nitrogens with one attached hydrogen (secondary N) is 1. The van der Waals surface area contributed by atoms with Crippen LogP contribution in [0.2, 0.25) is 5.02 Å². The summed E-state index contributed by atoms with van der Waals surface area (Å²) in [7, 11) is 0. The van der Waals surface area contributed by atoms with Crippen LogP contribution in [0, 0.1) is 5.41 Å². The lowest BCUT2D eigenvalue weighted by Gasteiger charge is -2.14. The van der Waals surface area contributed by atoms with Crippen LogP contribution in [0.1, 0.15) is 25.3 Å². The second-order valence-corrected chi connectivity index (χ2v) is 5.30. The molecule has 21 heavy (non-hydrogen) atoms. The monoisotopic (exact) mass is 303 g/mol. The number of nitrogen functional groups attached to an aromatic ring is 1. The molecule has 2 rings (SSSR count). The Bertz CT molecular complexity index is 704. The molecule has 0 aliphatic carbocycles. The van der Waals surface area contributed by atoms with Crippen molar-refractivity contribution in [1.29, 1.82) is 5.41 Å². The van der Waals surface area contributed by atoms with Crippen LogP contribution in [0.5, 0.6) is 0 Å². The number of benzene rings is 1. The van der Waals surface area contributed by atoms with Gasteiger partial charge in [0.25, 0.3) is 5.56 Å². The van der Waals surface area contributed by atoms with Crippen molar-refractivity contribution in [2.75, 3.05) is 0 Å². The van der Waals surface area contributed by atoms with E-state index in [9.17, 15) is 4.79 Å². The topological polar surface area (TPSA) is 71.9 Å². The summed E-state index contributed by atoms with van der Waals surface area (Å²) in [4.78, 5) is 12.5. The Morgan fingerprint density at radius 1 is 1.24 bits per heavy atom. The number of hydrogen-bond acceptors (Lipinski definition) is 2. The highest BCUT2D eigenvalue weighted by atomic mass is 35.5. The Morgan fingerprint density at radius 2 is 1.90 bits per heavy atom. The number of rotatable bonds is 5. The maximum Gasteiger partial charge on any atom is 0.262 e. The normalized spacial score (nSPS) is 10.6. The quantitative estimate of drug-likeness (QED) is 0.657. The molecule has 0 spiro atoms. The molecule has 0 fully saturated rings. The molecule has 1 aromatic carbocycles. The summed E-state index contributed by atoms with van der Waals surface area (Å²) in [6, 6.07) is 10.8. The minimum Gasteiger partial charge on any atom is -0.384 e. The predicted molar refractivity (Wildman–Crippen MR) is 87.1 cm³/mol. The van der Waals surface area contributed by atoms with Gasteiger partial charge in [-0.3, -0.25) is 10.2 Å². The molecule has 2 aromatic rings. The summed E-state index contributed by atoms with van der Waals surface area (Å²) < 4.78 is 1.68. The van der Waals surface area contributed by atoms with Crippen molar-refractivity contribution in [3.8, 4) is 11.3 Å². The van der Waals surface area contributed by atoms with Gasteiger partial charge in [0.2, 0.25) is 0 Å². The van der Waals surface area contributed by atoms with E-state index in [0.29, 0.717) is 11.6 Å². The van der Waals surface area contributed by atoms with Crippen molar-refractivity contribution < 1.29 is 0 Å². The third kappa shape index (κ3) is 3.34. The Morgan fingerprint density at radius 3 is 2.48 bits per heavy atom. The second kappa shape index (κ2) is 6.59. The van der Waals surface area contributed by atoms with Crippen LogP contribution in [0.15, 0.2) is 41.2 Å². The van der Waals surface area contributed by atoms with Crippen LogP contribution in [-0.2, 0) is 6.54 Å². The van der Waals surface area contributed by atoms with Crippen LogP contribution in [-0.4, -0.2) is 10.4 Å². The average Bonchev–Trinajstić information content (AvgIpc) is 2.46. The Kier molecular flexibility index (Phi) is 4.81. The lowest BCUT2D eigenvalue weighted by molar-refractivity contribution is 0.618. The third-order valence-corrected chi connectivity index (χ3v) is 3.59. The third-order valence-electron chi connectivity index (χ3n) is 3.34. The molecule has 5 heteroatoms. The summed E-state index contributed by atoms with van der Waals surface area (Å²) in [6.45, 7) is 2.68. The standard InChI is InChI=1S/C16H18ClN3O/c1-2-3-10-20-14(11-4-6-12(17)7-5-11)9-8-13(15(18)19)16(20)21/h4-9H,2-3,10H2,1H3,(H3,18,19). The second-order valence-electron chi connectivity index (χ2n) is 4.86. The minimum absolute atomic E-state index is 0.201. The van der Waals surface area contributed by atoms with Crippen molar-refractivity contribution >= 4 is 17.4 Å². The highest BCUT2D eigenvalue weighted by Gasteiger charge is 2.11. The van der Waals surface area contributed by atoms with Crippen molar-refractivity contribution in [3.63, 3.8) is 0 Å². The molecule has 0 saturated carbocycles. The van der Waals surface area contributed by atoms with Gasteiger partial charge in [-0.05, 0) is 36.2 Å². The number of aromatic nitrogens is 1. The molecule has 0 atom stereocenters. The van der Waals surface area contributed by atoms with Crippen LogP contribution in [0.3, 0.4) is 0 Å². The van der Waals surface area contributed by atoms with Crippen molar-refractivity contribution in [1.82, 2.24) is 4.57 Å². The summed E-state index contributed by atoms with van der Waals surface area (Å²) in [5.41, 5.74) is 7.23. The van der Waals surface area contributed by atoms with Gasteiger partial charge in [0, 0.05) is 11.6 Å². The smallest absolute Gasteiger partial charge is 0.262 e. The zero-order valence-corrected chi connectivity index (χ0v) is 12.7. The van der Waals surface area contributed by atoms with Crippen molar-refractivity contribution in [2.45, 2.75) is 26.3 Å². The molecular weight excluding hydrogens is 286 g/mol. The summed E-state index contributed by atoms with van der Waals surface area (Å²) in [6.07, 6.45) is 1.87. The molecule has 1 heterocycles. The first-order valence-electron chi connectivity index (χ1n) is 6.88. The SMILES string of the molecule is CCCCn1c(-c2ccc(Cl)cc2)ccc(C(=N)N)c1=O. The maximum atomic E-state index is 12.5. The summed E-state index contributed by atoms with van der Waals surface area (Å²) >= 11 is 5.91. The zero-order valence-electron chi connectivity index (χ0n) is 11.9. The van der Waals surface area contributed by atoms with Gasteiger partial charge in [-0.1, -0.05) is 37.1 Å². The highest BCUT2D eigenvalue weighted by Crippen LogP contribution is 2.21. The zero-order chi connectivity index (χ0) is 15.4. The summed E-state index contributed by atoms with van der Waals surface area (Å²) in [5.74, 6) is -0.201. The van der Waals surface area contributed by atoms with Gasteiger partial charge in [-0.25, -0.2) is 0 Å². The fourth-order valence-electron chi connectivity index (χ4n) is 2.19. The molecule has 0 aliphatic heterocycles. The molecule has 1 aromatic heterocycles. The first-order valence-corrected chi connectivity index (χ1v) is 7.26. The molecule has 110 valence electrons. The van der Waals surface area contributed by atoms with Crippen LogP contribution in [0.25, 0.3) is 11.3 Å². The summed E-state index contributed by atoms with van der Waals surface area (Å²) in [5, 5.41) is 8.15. The molecule has 0 bridgehead atoms. The minimum atomic E-state index is -0.219. The Balaban J connectivity index is 2.59. The van der Waals surface area contributed by atoms with Crippen molar-refractivity contribution in [2.24, 2.45) is 5.73 Å². The number of nitrogens with zero attached hydrogens (tertiary/aromatic N) is 1. The number of halogens is 1. The number of nitrogens with two attached hydrogens (primary N) is 1. The van der Waals surface area contributed by atoms with Gasteiger partial charge in [0.05, 0.1) is 11.3 Å². The number of hydrogen-bond donors (Lipinski definition) is 2. The van der Waals surface area contributed by atoms with Crippen LogP contribution in [0.4, 0.5) is 0 Å². The fraction of sp³-hybridized carbons (Fsp3) is 0.250. The first-order chi connectivity index (χ1) is 10.0. The van der Waals surface area contributed by atoms with Gasteiger partial charge in [-0.2, -0.15) is 0 Å². The molecule has 3 N–H and O–H groups in total. The molecule has 0 radical (unpaired) electrons. The van der Waals surface area contributed by atoms with Gasteiger partial charge in [0.1, 0.15) is 5.84 Å². The average molecular weight is 304 g/mol. The van der Waals surface area contributed by atoms with Gasteiger partial charge in [-0.15, -0.1) is 0 Å². The number of amidine groups is 1. The van der Waals surface area contributed by atoms with E-state index in [0.717, 1.165) is 24.1 Å². The van der Waals surface area contributed by atoms with E-state index in [-0.39, 0.29) is 17.0 Å². The van der Waals surface area contributed by atoms with Crippen LogP contribution >= 0.6 is 11.6 Å². The maximum absolute atomic E-state index is 12.5. The first kappa shape index (κ1) is 15.3. The van der Waals surface area contributed by atoms with Crippen molar-refractivity contribution in [3.05, 3.63) is 57.3 Å². The van der Waals surface area contributed by atoms with Gasteiger partial charge < -0.3 is 10.3 Å². The Hall–Kier alpha value is -2.07. The molecule has 4 nitrogen and oxygen atoms in total. The lowest BCUT2D eigenvalue weighted by Crippen LogP contribution is -2.30. The van der Waals surface area contributed by atoms with E-state index in [4.69, 9.17) is 22.7 Å². The van der Waals surface area contributed by atoms with E-state index >= 15 is 0 Å². The number of pyridine rings is 1. The number of unbranched alkanes of at least 4 members (excludes halogenated alkanes) is 1. The van der Waals surface area contributed by atoms with E-state index < -0.39 is 0 Å². The van der Waals surface area contributed by atoms with Gasteiger partial charge >= 0.3 is 0 Å².